The molecule has 1 aliphatic carbocycles. The molecular weight excluding hydrogens is 575 g/mol. The fourth-order valence-corrected chi connectivity index (χ4v) is 6.55. The lowest BCUT2D eigenvalue weighted by molar-refractivity contribution is -0.134. The highest BCUT2D eigenvalue weighted by Crippen LogP contribution is 2.31. The number of halogens is 2. The van der Waals surface area contributed by atoms with Gasteiger partial charge in [-0.1, -0.05) is 11.6 Å². The predicted octanol–water partition coefficient (Wildman–Crippen LogP) is 3.55. The van der Waals surface area contributed by atoms with Gasteiger partial charge >= 0.3 is 6.03 Å². The van der Waals surface area contributed by atoms with Crippen molar-refractivity contribution in [3.8, 4) is 5.75 Å². The molecule has 3 N–H and O–H groups in total. The first kappa shape index (κ1) is 30.1. The van der Waals surface area contributed by atoms with Gasteiger partial charge in [-0.25, -0.2) is 9.78 Å². The standard InChI is InChI=1S/C27H33ClN6O4S.ClH/c1-33(2)25(36)16-5-7-19(29-24(35)17-10-15-4-6-18(28)12-22(15)38-14-17)21(11-16)30-26(37)32-27-31-20-8-9-34(3)13-23(20)39-27;/h4,6,10,12,16,19,21H,5,7-9,11,13-14H2,1-3H3,(H,29,35)(H2,30,31,32,37);1H/t16-,19-,21+;/m0./s1. The van der Waals surface area contributed by atoms with Crippen LogP contribution in [0.2, 0.25) is 5.02 Å². The summed E-state index contributed by atoms with van der Waals surface area (Å²) in [5.74, 6) is 0.146. The Kier molecular flexibility index (Phi) is 9.60. The fourth-order valence-electron chi connectivity index (χ4n) is 5.30. The van der Waals surface area contributed by atoms with Crippen LogP contribution in [-0.2, 0) is 22.6 Å². The van der Waals surface area contributed by atoms with Crippen molar-refractivity contribution in [3.05, 3.63) is 44.9 Å². The van der Waals surface area contributed by atoms with Crippen LogP contribution < -0.4 is 20.7 Å². The van der Waals surface area contributed by atoms with Crippen LogP contribution in [-0.4, -0.2) is 79.0 Å². The van der Waals surface area contributed by atoms with Gasteiger partial charge in [0.2, 0.25) is 5.91 Å². The average Bonchev–Trinajstić information content (AvgIpc) is 3.29. The number of rotatable bonds is 5. The minimum absolute atomic E-state index is 0. The van der Waals surface area contributed by atoms with E-state index < -0.39 is 12.1 Å². The van der Waals surface area contributed by atoms with Crippen molar-refractivity contribution in [2.75, 3.05) is 39.6 Å². The Balaban J connectivity index is 0.00000370. The van der Waals surface area contributed by atoms with E-state index in [1.54, 1.807) is 37.2 Å². The number of nitrogens with one attached hydrogen (secondary N) is 3. The summed E-state index contributed by atoms with van der Waals surface area (Å²) in [6.07, 6.45) is 4.24. The van der Waals surface area contributed by atoms with Gasteiger partial charge < -0.3 is 25.2 Å². The van der Waals surface area contributed by atoms with E-state index in [9.17, 15) is 14.4 Å². The van der Waals surface area contributed by atoms with E-state index in [-0.39, 0.29) is 42.8 Å². The van der Waals surface area contributed by atoms with E-state index in [1.807, 2.05) is 6.07 Å². The van der Waals surface area contributed by atoms with Gasteiger partial charge in [0.15, 0.2) is 5.13 Å². The maximum Gasteiger partial charge on any atom is 0.321 e. The minimum atomic E-state index is -0.437. The molecule has 3 atom stereocenters. The van der Waals surface area contributed by atoms with Gasteiger partial charge in [0, 0.05) is 61.0 Å². The maximum atomic E-state index is 13.2. The number of urea groups is 1. The Labute approximate surface area is 248 Å². The Morgan fingerprint density at radius 1 is 1.18 bits per heavy atom. The zero-order valence-corrected chi connectivity index (χ0v) is 25.0. The normalized spacial score (nSPS) is 21.9. The molecular formula is C27H34Cl2N6O4S. The number of hydrogen-bond donors (Lipinski definition) is 3. The zero-order valence-electron chi connectivity index (χ0n) is 22.7. The molecule has 0 bridgehead atoms. The number of anilines is 1. The van der Waals surface area contributed by atoms with Crippen LogP contribution in [0.15, 0.2) is 23.8 Å². The van der Waals surface area contributed by atoms with Gasteiger partial charge in [-0.2, -0.15) is 0 Å². The van der Waals surface area contributed by atoms with Crippen LogP contribution in [0.3, 0.4) is 0 Å². The first-order chi connectivity index (χ1) is 18.7. The molecule has 2 aliphatic heterocycles. The van der Waals surface area contributed by atoms with E-state index in [4.69, 9.17) is 16.3 Å². The van der Waals surface area contributed by atoms with Crippen molar-refractivity contribution in [2.45, 2.75) is 44.3 Å². The summed E-state index contributed by atoms with van der Waals surface area (Å²) in [5, 5.41) is 10.1. The number of aromatic nitrogens is 1. The zero-order chi connectivity index (χ0) is 27.7. The number of thiazole rings is 1. The highest BCUT2D eigenvalue weighted by Gasteiger charge is 2.37. The van der Waals surface area contributed by atoms with Crippen LogP contribution in [0.25, 0.3) is 6.08 Å². The minimum Gasteiger partial charge on any atom is -0.488 e. The van der Waals surface area contributed by atoms with Crippen molar-refractivity contribution in [2.24, 2.45) is 5.92 Å². The number of amides is 4. The Bertz CT molecular complexity index is 1320. The molecule has 1 aromatic heterocycles. The van der Waals surface area contributed by atoms with E-state index in [0.717, 1.165) is 35.6 Å². The van der Waals surface area contributed by atoms with E-state index in [0.29, 0.717) is 40.7 Å². The predicted molar refractivity (Wildman–Crippen MR) is 158 cm³/mol. The second kappa shape index (κ2) is 12.8. The third-order valence-corrected chi connectivity index (χ3v) is 8.63. The SMILES string of the molecule is CN1CCc2nc(NC(=O)N[C@@H]3C[C@@H](C(=O)N(C)C)CC[C@@H]3NC(=O)C3=Cc4ccc(Cl)cc4OC3)sc2C1.Cl. The largest absolute Gasteiger partial charge is 0.488 e. The molecule has 4 amide bonds. The van der Waals surface area contributed by atoms with E-state index in [1.165, 1.54) is 11.3 Å². The number of benzene rings is 1. The molecule has 5 rings (SSSR count). The third kappa shape index (κ3) is 6.88. The lowest BCUT2D eigenvalue weighted by Gasteiger charge is -2.37. The highest BCUT2D eigenvalue weighted by atomic mass is 35.5. The molecule has 2 aromatic rings. The van der Waals surface area contributed by atoms with Gasteiger partial charge in [-0.15, -0.1) is 23.7 Å². The van der Waals surface area contributed by atoms with Gasteiger partial charge in [0.25, 0.3) is 5.91 Å². The summed E-state index contributed by atoms with van der Waals surface area (Å²) in [4.78, 5) is 48.6. The third-order valence-electron chi connectivity index (χ3n) is 7.40. The van der Waals surface area contributed by atoms with Crippen molar-refractivity contribution in [1.82, 2.24) is 25.4 Å². The molecule has 40 heavy (non-hydrogen) atoms. The Morgan fingerprint density at radius 2 is 1.98 bits per heavy atom. The Morgan fingerprint density at radius 3 is 2.75 bits per heavy atom. The smallest absolute Gasteiger partial charge is 0.321 e. The number of fused-ring (bicyclic) bond motifs is 2. The number of likely N-dealkylation sites (N-methyl/N-ethyl adjacent to an activating group) is 1. The first-order valence-corrected chi connectivity index (χ1v) is 14.3. The second-order valence-electron chi connectivity index (χ2n) is 10.5. The number of ether oxygens (including phenoxy) is 1. The molecule has 3 aliphatic rings. The lowest BCUT2D eigenvalue weighted by atomic mass is 9.81. The average molecular weight is 610 g/mol. The molecule has 216 valence electrons. The molecule has 0 radical (unpaired) electrons. The van der Waals surface area contributed by atoms with Crippen LogP contribution >= 0.6 is 35.3 Å². The summed E-state index contributed by atoms with van der Waals surface area (Å²) in [6, 6.07) is 4.10. The number of carbonyl (C=O) groups is 3. The first-order valence-electron chi connectivity index (χ1n) is 13.1. The quantitative estimate of drug-likeness (QED) is 0.478. The van der Waals surface area contributed by atoms with E-state index >= 15 is 0 Å². The molecule has 0 saturated heterocycles. The molecule has 0 unspecified atom stereocenters. The number of hydrogen-bond acceptors (Lipinski definition) is 7. The molecule has 13 heteroatoms. The summed E-state index contributed by atoms with van der Waals surface area (Å²) in [6.45, 7) is 1.88. The summed E-state index contributed by atoms with van der Waals surface area (Å²) in [5.41, 5.74) is 2.29. The summed E-state index contributed by atoms with van der Waals surface area (Å²) in [7, 11) is 5.52. The summed E-state index contributed by atoms with van der Waals surface area (Å²) < 4.78 is 5.75. The maximum absolute atomic E-state index is 13.2. The van der Waals surface area contributed by atoms with Gasteiger partial charge in [0.05, 0.1) is 17.3 Å². The monoisotopic (exact) mass is 608 g/mol. The second-order valence-corrected chi connectivity index (χ2v) is 12.1. The van der Waals surface area contributed by atoms with Crippen molar-refractivity contribution in [1.29, 1.82) is 0 Å². The molecule has 1 saturated carbocycles. The van der Waals surface area contributed by atoms with Crippen molar-refractivity contribution >= 4 is 64.4 Å². The molecule has 10 nitrogen and oxygen atoms in total. The highest BCUT2D eigenvalue weighted by molar-refractivity contribution is 7.15. The van der Waals surface area contributed by atoms with Gasteiger partial charge in [0.1, 0.15) is 12.4 Å². The van der Waals surface area contributed by atoms with Crippen molar-refractivity contribution in [3.63, 3.8) is 0 Å². The van der Waals surface area contributed by atoms with Crippen LogP contribution in [0, 0.1) is 5.92 Å². The number of carbonyl (C=O) groups excluding carboxylic acids is 3. The van der Waals surface area contributed by atoms with Crippen molar-refractivity contribution < 1.29 is 19.1 Å². The number of nitrogens with zero attached hydrogens (tertiary/aromatic N) is 3. The molecule has 1 aromatic carbocycles. The fraction of sp³-hybridized carbons (Fsp3) is 0.481. The topological polar surface area (TPSA) is 116 Å². The van der Waals surface area contributed by atoms with Crippen LogP contribution in [0.4, 0.5) is 9.93 Å². The summed E-state index contributed by atoms with van der Waals surface area (Å²) >= 11 is 7.53. The Hall–Kier alpha value is -2.86. The molecule has 3 heterocycles. The van der Waals surface area contributed by atoms with Crippen LogP contribution in [0.1, 0.15) is 35.4 Å². The van der Waals surface area contributed by atoms with Gasteiger partial charge in [-0.3, -0.25) is 14.9 Å². The molecule has 0 spiro atoms. The van der Waals surface area contributed by atoms with Gasteiger partial charge in [-0.05, 0) is 50.6 Å². The van der Waals surface area contributed by atoms with E-state index in [2.05, 4.69) is 32.9 Å². The van der Waals surface area contributed by atoms with Crippen LogP contribution in [0.5, 0.6) is 5.75 Å². The lowest BCUT2D eigenvalue weighted by Crippen LogP contribution is -2.56. The molecule has 1 fully saturated rings.